The van der Waals surface area contributed by atoms with Gasteiger partial charge < -0.3 is 5.32 Å². The van der Waals surface area contributed by atoms with Crippen LogP contribution in [0.15, 0.2) is 41.3 Å². The molecular weight excluding hydrogens is 393 g/mol. The van der Waals surface area contributed by atoms with Crippen molar-refractivity contribution >= 4 is 15.9 Å². The van der Waals surface area contributed by atoms with E-state index in [1.165, 1.54) is 16.4 Å². The number of hydrogen-bond donors (Lipinski definition) is 1. The second-order valence-corrected chi connectivity index (χ2v) is 8.42. The maximum absolute atomic E-state index is 13.6. The van der Waals surface area contributed by atoms with Gasteiger partial charge in [0.25, 0.3) is 5.91 Å². The molecule has 0 saturated carbocycles. The lowest BCUT2D eigenvalue weighted by Gasteiger charge is -2.15. The highest BCUT2D eigenvalue weighted by Gasteiger charge is 2.26. The fraction of sp³-hybridized carbons (Fsp3) is 0.316. The zero-order chi connectivity index (χ0) is 20.3. The van der Waals surface area contributed by atoms with Gasteiger partial charge in [-0.1, -0.05) is 12.1 Å². The molecule has 1 fully saturated rings. The number of sulfonamides is 1. The molecule has 1 saturated heterocycles. The quantitative estimate of drug-likeness (QED) is 0.742. The molecule has 0 aliphatic carbocycles. The third-order valence-electron chi connectivity index (χ3n) is 4.61. The van der Waals surface area contributed by atoms with Crippen LogP contribution in [0, 0.1) is 17.5 Å². The van der Waals surface area contributed by atoms with E-state index in [-0.39, 0.29) is 11.4 Å². The minimum atomic E-state index is -3.48. The Morgan fingerprint density at radius 2 is 1.61 bits per heavy atom. The molecule has 1 aliphatic rings. The zero-order valence-electron chi connectivity index (χ0n) is 14.9. The van der Waals surface area contributed by atoms with Crippen LogP contribution in [0.3, 0.4) is 0 Å². The van der Waals surface area contributed by atoms with Crippen molar-refractivity contribution in [2.45, 2.75) is 24.2 Å². The van der Waals surface area contributed by atoms with Gasteiger partial charge in [-0.3, -0.25) is 4.79 Å². The Morgan fingerprint density at radius 1 is 0.964 bits per heavy atom. The number of halogens is 3. The molecule has 28 heavy (non-hydrogen) atoms. The third kappa shape index (κ3) is 4.20. The van der Waals surface area contributed by atoms with Crippen molar-refractivity contribution in [3.63, 3.8) is 0 Å². The lowest BCUT2D eigenvalue weighted by molar-refractivity contribution is 0.0949. The summed E-state index contributed by atoms with van der Waals surface area (Å²) in [7, 11) is -3.48. The first kappa shape index (κ1) is 20.3. The van der Waals surface area contributed by atoms with E-state index >= 15 is 0 Å². The van der Waals surface area contributed by atoms with Gasteiger partial charge in [-0.05, 0) is 49.1 Å². The van der Waals surface area contributed by atoms with Crippen molar-refractivity contribution in [1.29, 1.82) is 0 Å². The van der Waals surface area contributed by atoms with E-state index in [2.05, 4.69) is 5.32 Å². The third-order valence-corrected chi connectivity index (χ3v) is 6.52. The molecule has 0 bridgehead atoms. The number of carbonyl (C=O) groups is 1. The summed E-state index contributed by atoms with van der Waals surface area (Å²) in [6, 6.07) is 7.88. The number of benzene rings is 2. The van der Waals surface area contributed by atoms with E-state index in [1.54, 1.807) is 12.1 Å². The smallest absolute Gasteiger partial charge is 0.254 e. The lowest BCUT2D eigenvalue weighted by atomic mass is 10.1. The zero-order valence-corrected chi connectivity index (χ0v) is 15.7. The molecule has 1 amide bonds. The number of hydrogen-bond acceptors (Lipinski definition) is 3. The lowest BCUT2D eigenvalue weighted by Crippen LogP contribution is -2.28. The van der Waals surface area contributed by atoms with Gasteiger partial charge in [0.2, 0.25) is 10.0 Å². The highest BCUT2D eigenvalue weighted by atomic mass is 32.2. The van der Waals surface area contributed by atoms with E-state index in [0.29, 0.717) is 25.6 Å². The van der Waals surface area contributed by atoms with E-state index in [4.69, 9.17) is 0 Å². The summed E-state index contributed by atoms with van der Waals surface area (Å²) in [4.78, 5) is 12.1. The Hall–Kier alpha value is -2.39. The molecule has 1 N–H and O–H groups in total. The van der Waals surface area contributed by atoms with Crippen LogP contribution in [0.4, 0.5) is 13.2 Å². The van der Waals surface area contributed by atoms with Crippen LogP contribution in [-0.4, -0.2) is 38.3 Å². The Kier molecular flexibility index (Phi) is 6.04. The summed E-state index contributed by atoms with van der Waals surface area (Å²) in [5.41, 5.74) is 0.192. The van der Waals surface area contributed by atoms with Gasteiger partial charge in [-0.15, -0.1) is 0 Å². The summed E-state index contributed by atoms with van der Waals surface area (Å²) in [5, 5.41) is 2.43. The molecule has 5 nitrogen and oxygen atoms in total. The van der Waals surface area contributed by atoms with Crippen molar-refractivity contribution < 1.29 is 26.4 Å². The highest BCUT2D eigenvalue weighted by Crippen LogP contribution is 2.21. The number of rotatable bonds is 6. The van der Waals surface area contributed by atoms with Gasteiger partial charge in [-0.2, -0.15) is 4.31 Å². The number of amides is 1. The molecule has 1 aliphatic heterocycles. The molecule has 150 valence electrons. The van der Waals surface area contributed by atoms with Gasteiger partial charge in [0.05, 0.1) is 10.5 Å². The second-order valence-electron chi connectivity index (χ2n) is 6.48. The largest absolute Gasteiger partial charge is 0.352 e. The van der Waals surface area contributed by atoms with Gasteiger partial charge in [0, 0.05) is 19.6 Å². The summed E-state index contributed by atoms with van der Waals surface area (Å²) in [6.45, 7) is 1.17. The van der Waals surface area contributed by atoms with Crippen molar-refractivity contribution in [3.8, 4) is 0 Å². The maximum Gasteiger partial charge on any atom is 0.254 e. The van der Waals surface area contributed by atoms with Crippen LogP contribution in [0.5, 0.6) is 0 Å². The van der Waals surface area contributed by atoms with Gasteiger partial charge in [-0.25, -0.2) is 21.6 Å². The Morgan fingerprint density at radius 3 is 2.25 bits per heavy atom. The van der Waals surface area contributed by atoms with Crippen LogP contribution < -0.4 is 5.32 Å². The molecule has 2 aromatic carbocycles. The summed E-state index contributed by atoms with van der Waals surface area (Å²) in [5.74, 6) is -5.45. The second kappa shape index (κ2) is 8.32. The maximum atomic E-state index is 13.6. The minimum absolute atomic E-state index is 0.121. The minimum Gasteiger partial charge on any atom is -0.352 e. The van der Waals surface area contributed by atoms with Crippen molar-refractivity contribution in [1.82, 2.24) is 9.62 Å². The SMILES string of the molecule is O=C(NCCc1ccc(S(=O)(=O)N2CCCC2)cc1)c1ccc(F)c(F)c1F. The van der Waals surface area contributed by atoms with Crippen LogP contribution >= 0.6 is 0 Å². The Balaban J connectivity index is 1.58. The van der Waals surface area contributed by atoms with Gasteiger partial charge >= 0.3 is 0 Å². The number of nitrogens with zero attached hydrogens (tertiary/aromatic N) is 1. The normalized spacial score (nSPS) is 15.0. The first-order valence-electron chi connectivity index (χ1n) is 8.81. The van der Waals surface area contributed by atoms with Crippen LogP contribution in [0.2, 0.25) is 0 Å². The highest BCUT2D eigenvalue weighted by molar-refractivity contribution is 7.89. The van der Waals surface area contributed by atoms with Crippen molar-refractivity contribution in [2.75, 3.05) is 19.6 Å². The predicted octanol–water partition coefficient (Wildman–Crippen LogP) is 2.86. The summed E-state index contributed by atoms with van der Waals surface area (Å²) < 4.78 is 66.1. The standard InChI is InChI=1S/C19H19F3N2O3S/c20-16-8-7-15(17(21)18(16)22)19(25)23-10-9-13-3-5-14(6-4-13)28(26,27)24-11-1-2-12-24/h3-8H,1-2,9-12H2,(H,23,25). The Labute approximate surface area is 161 Å². The van der Waals surface area contributed by atoms with Gasteiger partial charge in [0.15, 0.2) is 17.5 Å². The average molecular weight is 412 g/mol. The number of carbonyl (C=O) groups excluding carboxylic acids is 1. The predicted molar refractivity (Wildman–Crippen MR) is 96.8 cm³/mol. The first-order valence-corrected chi connectivity index (χ1v) is 10.3. The topological polar surface area (TPSA) is 66.5 Å². The fourth-order valence-corrected chi connectivity index (χ4v) is 4.54. The van der Waals surface area contributed by atoms with Crippen LogP contribution in [0.1, 0.15) is 28.8 Å². The fourth-order valence-electron chi connectivity index (χ4n) is 3.02. The van der Waals surface area contributed by atoms with E-state index in [9.17, 15) is 26.4 Å². The van der Waals surface area contributed by atoms with E-state index < -0.39 is 38.9 Å². The average Bonchev–Trinajstić information content (AvgIpc) is 3.22. The van der Waals surface area contributed by atoms with Crippen molar-refractivity contribution in [2.24, 2.45) is 0 Å². The molecule has 0 radical (unpaired) electrons. The van der Waals surface area contributed by atoms with Gasteiger partial charge in [0.1, 0.15) is 0 Å². The van der Waals surface area contributed by atoms with Crippen LogP contribution in [-0.2, 0) is 16.4 Å². The molecule has 0 atom stereocenters. The van der Waals surface area contributed by atoms with Crippen molar-refractivity contribution in [3.05, 3.63) is 65.0 Å². The monoisotopic (exact) mass is 412 g/mol. The van der Waals surface area contributed by atoms with E-state index in [0.717, 1.165) is 24.5 Å². The molecule has 0 unspecified atom stereocenters. The summed E-state index contributed by atoms with van der Waals surface area (Å²) in [6.07, 6.45) is 2.08. The summed E-state index contributed by atoms with van der Waals surface area (Å²) >= 11 is 0. The molecule has 9 heteroatoms. The van der Waals surface area contributed by atoms with Crippen LogP contribution in [0.25, 0.3) is 0 Å². The molecular formula is C19H19F3N2O3S. The molecule has 3 rings (SSSR count). The van der Waals surface area contributed by atoms with E-state index in [1.807, 2.05) is 0 Å². The first-order chi connectivity index (χ1) is 13.3. The molecule has 0 spiro atoms. The Bertz CT molecular complexity index is 973. The molecule has 0 aromatic heterocycles. The molecule has 2 aromatic rings. The number of nitrogens with one attached hydrogen (secondary N) is 1. The molecule has 1 heterocycles.